The van der Waals surface area contributed by atoms with E-state index in [0.717, 1.165) is 16.0 Å². The lowest BCUT2D eigenvalue weighted by Gasteiger charge is -2.05. The number of furan rings is 2. The number of amides is 1. The Bertz CT molecular complexity index is 1370. The number of methoxy groups -OCH3 is 1. The monoisotopic (exact) mass is 465 g/mol. The van der Waals surface area contributed by atoms with Crippen LogP contribution in [-0.4, -0.2) is 38.9 Å². The number of aromatic nitrogens is 4. The van der Waals surface area contributed by atoms with Crippen LogP contribution >= 0.6 is 23.1 Å². The average molecular weight is 466 g/mol. The fourth-order valence-corrected chi connectivity index (χ4v) is 4.40. The van der Waals surface area contributed by atoms with E-state index in [1.54, 1.807) is 43.9 Å². The first kappa shape index (κ1) is 20.2. The number of thiazole rings is 1. The van der Waals surface area contributed by atoms with Crippen LogP contribution in [0, 0.1) is 0 Å². The molecule has 4 aromatic heterocycles. The zero-order valence-electron chi connectivity index (χ0n) is 16.6. The normalized spacial score (nSPS) is 11.0. The van der Waals surface area contributed by atoms with Crippen LogP contribution in [0.2, 0.25) is 0 Å². The van der Waals surface area contributed by atoms with Crippen LogP contribution in [0.4, 0.5) is 5.13 Å². The van der Waals surface area contributed by atoms with E-state index in [4.69, 9.17) is 13.6 Å². The van der Waals surface area contributed by atoms with Crippen molar-refractivity contribution in [2.75, 3.05) is 18.2 Å². The molecule has 0 aliphatic heterocycles. The number of ether oxygens (including phenoxy) is 1. The Labute approximate surface area is 189 Å². The second kappa shape index (κ2) is 8.81. The lowest BCUT2D eigenvalue weighted by molar-refractivity contribution is -0.113. The molecular formula is C21H15N5O4S2. The first-order valence-electron chi connectivity index (χ1n) is 9.39. The third kappa shape index (κ3) is 4.20. The average Bonchev–Trinajstić information content (AvgIpc) is 3.58. The van der Waals surface area contributed by atoms with Crippen LogP contribution in [0.15, 0.2) is 69.0 Å². The minimum atomic E-state index is -0.223. The molecule has 9 nitrogen and oxygen atoms in total. The number of rotatable bonds is 7. The molecule has 4 heterocycles. The Morgan fingerprint density at radius 2 is 1.84 bits per heavy atom. The predicted molar refractivity (Wildman–Crippen MR) is 121 cm³/mol. The molecule has 0 aliphatic rings. The molecule has 0 fully saturated rings. The largest absolute Gasteiger partial charge is 0.497 e. The van der Waals surface area contributed by atoms with Gasteiger partial charge < -0.3 is 18.9 Å². The zero-order valence-corrected chi connectivity index (χ0v) is 18.3. The Hall–Kier alpha value is -3.70. The van der Waals surface area contributed by atoms with Gasteiger partial charge in [-0.3, -0.25) is 4.79 Å². The summed E-state index contributed by atoms with van der Waals surface area (Å²) in [6, 6.07) is 12.6. The van der Waals surface area contributed by atoms with Crippen LogP contribution in [0.1, 0.15) is 0 Å². The molecule has 0 aliphatic carbocycles. The van der Waals surface area contributed by atoms with Crippen molar-refractivity contribution in [3.05, 3.63) is 55.0 Å². The number of thioether (sulfide) groups is 1. The van der Waals surface area contributed by atoms with Crippen LogP contribution in [0.5, 0.6) is 5.75 Å². The van der Waals surface area contributed by atoms with E-state index in [2.05, 4.69) is 25.5 Å². The van der Waals surface area contributed by atoms with Crippen LogP contribution < -0.4 is 10.1 Å². The quantitative estimate of drug-likeness (QED) is 0.340. The third-order valence-electron chi connectivity index (χ3n) is 4.35. The summed E-state index contributed by atoms with van der Waals surface area (Å²) in [6.45, 7) is 0. The fourth-order valence-electron chi connectivity index (χ4n) is 2.91. The lowest BCUT2D eigenvalue weighted by Crippen LogP contribution is -2.14. The summed E-state index contributed by atoms with van der Waals surface area (Å²) in [4.78, 5) is 21.4. The second-order valence-electron chi connectivity index (χ2n) is 6.44. The van der Waals surface area contributed by atoms with Gasteiger partial charge in [-0.25, -0.2) is 9.97 Å². The molecule has 1 amide bonds. The zero-order chi connectivity index (χ0) is 21.9. The van der Waals surface area contributed by atoms with Crippen molar-refractivity contribution < 1.29 is 18.4 Å². The molecule has 160 valence electrons. The highest BCUT2D eigenvalue weighted by molar-refractivity contribution is 7.99. The first-order chi connectivity index (χ1) is 15.7. The highest BCUT2D eigenvalue weighted by atomic mass is 32.2. The molecule has 1 N–H and O–H groups in total. The Morgan fingerprint density at radius 3 is 2.56 bits per heavy atom. The van der Waals surface area contributed by atoms with Gasteiger partial charge in [-0.2, -0.15) is 0 Å². The number of benzene rings is 1. The van der Waals surface area contributed by atoms with Gasteiger partial charge in [0, 0.05) is 0 Å². The topological polar surface area (TPSA) is 116 Å². The molecule has 5 aromatic rings. The molecule has 0 spiro atoms. The van der Waals surface area contributed by atoms with Crippen molar-refractivity contribution in [1.82, 2.24) is 20.2 Å². The number of carbonyl (C=O) groups is 1. The van der Waals surface area contributed by atoms with Crippen LogP contribution in [0.25, 0.3) is 33.1 Å². The number of nitrogens with zero attached hydrogens (tertiary/aromatic N) is 4. The van der Waals surface area contributed by atoms with Crippen LogP contribution in [0.3, 0.4) is 0 Å². The summed E-state index contributed by atoms with van der Waals surface area (Å²) in [5.74, 6) is 1.67. The van der Waals surface area contributed by atoms with Crippen molar-refractivity contribution in [1.29, 1.82) is 0 Å². The fraction of sp³-hybridized carbons (Fsp3) is 0.0952. The van der Waals surface area contributed by atoms with E-state index < -0.39 is 0 Å². The molecule has 0 radical (unpaired) electrons. The first-order valence-corrected chi connectivity index (χ1v) is 11.2. The molecule has 0 atom stereocenters. The SMILES string of the molecule is COc1ccc2nc(NC(=O)CSc3nnc(-c4ccco4)c(-c4ccco4)n3)sc2c1. The van der Waals surface area contributed by atoms with Crippen molar-refractivity contribution in [2.45, 2.75) is 5.16 Å². The summed E-state index contributed by atoms with van der Waals surface area (Å²) < 4.78 is 17.1. The lowest BCUT2D eigenvalue weighted by atomic mass is 10.2. The Morgan fingerprint density at radius 1 is 1.06 bits per heavy atom. The maximum atomic E-state index is 12.5. The summed E-state index contributed by atoms with van der Waals surface area (Å²) in [5.41, 5.74) is 1.74. The molecule has 32 heavy (non-hydrogen) atoms. The third-order valence-corrected chi connectivity index (χ3v) is 6.12. The summed E-state index contributed by atoms with van der Waals surface area (Å²) in [5, 5.41) is 12.0. The minimum Gasteiger partial charge on any atom is -0.497 e. The predicted octanol–water partition coefficient (Wildman–Crippen LogP) is 4.74. The maximum absolute atomic E-state index is 12.5. The van der Waals surface area contributed by atoms with Gasteiger partial charge in [-0.15, -0.1) is 10.2 Å². The van der Waals surface area contributed by atoms with E-state index in [9.17, 15) is 4.79 Å². The molecule has 0 saturated heterocycles. The number of nitrogens with one attached hydrogen (secondary N) is 1. The van der Waals surface area contributed by atoms with E-state index in [0.29, 0.717) is 33.2 Å². The van der Waals surface area contributed by atoms with E-state index in [-0.39, 0.29) is 11.7 Å². The maximum Gasteiger partial charge on any atom is 0.236 e. The number of hydrogen-bond donors (Lipinski definition) is 1. The van der Waals surface area contributed by atoms with Crippen LogP contribution in [-0.2, 0) is 4.79 Å². The van der Waals surface area contributed by atoms with E-state index in [1.165, 1.54) is 23.1 Å². The van der Waals surface area contributed by atoms with Gasteiger partial charge >= 0.3 is 0 Å². The van der Waals surface area contributed by atoms with E-state index in [1.807, 2.05) is 18.2 Å². The number of hydrogen-bond acceptors (Lipinski definition) is 10. The number of carbonyl (C=O) groups excluding carboxylic acids is 1. The van der Waals surface area contributed by atoms with Crippen molar-refractivity contribution in [3.63, 3.8) is 0 Å². The van der Waals surface area contributed by atoms with Crippen molar-refractivity contribution >= 4 is 44.4 Å². The number of anilines is 1. The van der Waals surface area contributed by atoms with Gasteiger partial charge in [0.15, 0.2) is 22.3 Å². The van der Waals surface area contributed by atoms with Gasteiger partial charge in [0.25, 0.3) is 0 Å². The minimum absolute atomic E-state index is 0.0959. The molecule has 1 aromatic carbocycles. The Kier molecular flexibility index (Phi) is 5.57. The van der Waals surface area contributed by atoms with Crippen molar-refractivity contribution in [2.24, 2.45) is 0 Å². The van der Waals surface area contributed by atoms with Crippen molar-refractivity contribution in [3.8, 4) is 28.7 Å². The Balaban J connectivity index is 1.30. The molecule has 0 saturated carbocycles. The molecule has 0 bridgehead atoms. The summed E-state index contributed by atoms with van der Waals surface area (Å²) in [7, 11) is 1.61. The molecule has 11 heteroatoms. The standard InChI is InChI=1S/C21H15N5O4S2/c1-28-12-6-7-13-16(10-12)32-20(22-13)23-17(27)11-31-21-24-18(14-4-2-8-29-14)19(25-26-21)15-5-3-9-30-15/h2-10H,11H2,1H3,(H,22,23,27). The van der Waals surface area contributed by atoms with Gasteiger partial charge in [0.1, 0.15) is 11.4 Å². The summed E-state index contributed by atoms with van der Waals surface area (Å²) >= 11 is 2.55. The van der Waals surface area contributed by atoms with Gasteiger partial charge in [0.05, 0.1) is 35.6 Å². The molecule has 0 unspecified atom stereocenters. The number of fused-ring (bicyclic) bond motifs is 1. The van der Waals surface area contributed by atoms with Gasteiger partial charge in [-0.05, 0) is 42.5 Å². The highest BCUT2D eigenvalue weighted by Gasteiger charge is 2.18. The van der Waals surface area contributed by atoms with Gasteiger partial charge in [0.2, 0.25) is 11.1 Å². The molecule has 5 rings (SSSR count). The smallest absolute Gasteiger partial charge is 0.236 e. The molecular weight excluding hydrogens is 450 g/mol. The highest BCUT2D eigenvalue weighted by Crippen LogP contribution is 2.31. The van der Waals surface area contributed by atoms with Gasteiger partial charge in [-0.1, -0.05) is 23.1 Å². The summed E-state index contributed by atoms with van der Waals surface area (Å²) in [6.07, 6.45) is 3.10. The second-order valence-corrected chi connectivity index (χ2v) is 8.41. The van der Waals surface area contributed by atoms with E-state index >= 15 is 0 Å².